The van der Waals surface area contributed by atoms with Gasteiger partial charge >= 0.3 is 0 Å². The number of rotatable bonds is 8. The lowest BCUT2D eigenvalue weighted by Crippen LogP contribution is -2.39. The van der Waals surface area contributed by atoms with E-state index in [-0.39, 0.29) is 24.0 Å². The molecule has 0 spiro atoms. The van der Waals surface area contributed by atoms with E-state index in [9.17, 15) is 0 Å². The van der Waals surface area contributed by atoms with E-state index < -0.39 is 0 Å². The molecule has 1 unspecified atom stereocenters. The normalized spacial score (nSPS) is 12.9. The smallest absolute Gasteiger partial charge is 0.194 e. The summed E-state index contributed by atoms with van der Waals surface area (Å²) in [6.45, 7) is 10.1. The molecule has 0 radical (unpaired) electrons. The lowest BCUT2D eigenvalue weighted by atomic mass is 10.2. The predicted octanol–water partition coefficient (Wildman–Crippen LogP) is 2.77. The highest BCUT2D eigenvalue weighted by Crippen LogP contribution is 2.04. The fourth-order valence-electron chi connectivity index (χ4n) is 2.29. The van der Waals surface area contributed by atoms with Crippen LogP contribution >= 0.6 is 24.0 Å². The average molecular weight is 435 g/mol. The molecule has 1 aromatic rings. The first-order valence-corrected chi connectivity index (χ1v) is 8.29. The molecule has 1 atom stereocenters. The van der Waals surface area contributed by atoms with Crippen molar-refractivity contribution >= 4 is 29.9 Å². The van der Waals surface area contributed by atoms with Crippen LogP contribution in [0.15, 0.2) is 23.3 Å². The summed E-state index contributed by atoms with van der Waals surface area (Å²) in [5.41, 5.74) is 1.28. The Hall–Kier alpha value is -0.760. The maximum atomic E-state index is 4.76. The Kier molecular flexibility index (Phi) is 11.3. The number of nitrogens with one attached hydrogen (secondary N) is 1. The fourth-order valence-corrected chi connectivity index (χ4v) is 2.29. The van der Waals surface area contributed by atoms with Gasteiger partial charge in [0.2, 0.25) is 0 Å². The quantitative estimate of drug-likeness (QED) is 0.388. The van der Waals surface area contributed by atoms with Crippen LogP contribution in [0.5, 0.6) is 0 Å². The van der Waals surface area contributed by atoms with Crippen molar-refractivity contribution in [1.82, 2.24) is 19.7 Å². The van der Waals surface area contributed by atoms with E-state index in [1.54, 1.807) is 0 Å². The summed E-state index contributed by atoms with van der Waals surface area (Å²) in [6.07, 6.45) is 3.25. The predicted molar refractivity (Wildman–Crippen MR) is 111 cm³/mol. The van der Waals surface area contributed by atoms with Crippen molar-refractivity contribution in [1.29, 1.82) is 0 Å². The molecule has 0 fully saturated rings. The highest BCUT2D eigenvalue weighted by molar-refractivity contribution is 14.0. The van der Waals surface area contributed by atoms with Gasteiger partial charge in [-0.1, -0.05) is 6.92 Å². The van der Waals surface area contributed by atoms with Crippen LogP contribution in [0, 0.1) is 0 Å². The van der Waals surface area contributed by atoms with Gasteiger partial charge in [-0.05, 0) is 39.4 Å². The summed E-state index contributed by atoms with van der Waals surface area (Å²) >= 11 is 0. The Morgan fingerprint density at radius 3 is 2.57 bits per heavy atom. The van der Waals surface area contributed by atoms with Crippen LogP contribution in [0.2, 0.25) is 0 Å². The third kappa shape index (κ3) is 7.56. The first-order valence-electron chi connectivity index (χ1n) is 8.29. The second kappa shape index (κ2) is 11.7. The summed E-state index contributed by atoms with van der Waals surface area (Å²) in [5, 5.41) is 3.38. The van der Waals surface area contributed by atoms with E-state index >= 15 is 0 Å². The van der Waals surface area contributed by atoms with Gasteiger partial charge in [-0.15, -0.1) is 24.0 Å². The van der Waals surface area contributed by atoms with Crippen molar-refractivity contribution in [2.24, 2.45) is 12.0 Å². The van der Waals surface area contributed by atoms with Crippen LogP contribution in [-0.4, -0.2) is 60.1 Å². The largest absolute Gasteiger partial charge is 0.357 e. The molecule has 0 aliphatic heterocycles. The second-order valence-corrected chi connectivity index (χ2v) is 5.94. The van der Waals surface area contributed by atoms with Crippen LogP contribution in [0.1, 0.15) is 32.9 Å². The number of aliphatic imine (C=N–C) groups is 1. The Balaban J connectivity index is 0.00000484. The maximum absolute atomic E-state index is 4.76. The van der Waals surface area contributed by atoms with Crippen LogP contribution in [0.25, 0.3) is 0 Å². The van der Waals surface area contributed by atoms with Crippen LogP contribution in [0.4, 0.5) is 0 Å². The van der Waals surface area contributed by atoms with Crippen molar-refractivity contribution in [3.63, 3.8) is 0 Å². The summed E-state index contributed by atoms with van der Waals surface area (Å²) in [7, 11) is 6.34. The molecule has 0 bridgehead atoms. The maximum Gasteiger partial charge on any atom is 0.194 e. The third-order valence-electron chi connectivity index (χ3n) is 4.20. The van der Waals surface area contributed by atoms with Gasteiger partial charge in [0, 0.05) is 45.1 Å². The van der Waals surface area contributed by atoms with Crippen molar-refractivity contribution < 1.29 is 0 Å². The molecule has 6 heteroatoms. The molecular formula is C17H34IN5. The van der Waals surface area contributed by atoms with Gasteiger partial charge in [0.15, 0.2) is 5.96 Å². The van der Waals surface area contributed by atoms with Gasteiger partial charge in [0.1, 0.15) is 0 Å². The van der Waals surface area contributed by atoms with Crippen LogP contribution in [-0.2, 0) is 13.6 Å². The first-order chi connectivity index (χ1) is 10.5. The van der Waals surface area contributed by atoms with Gasteiger partial charge in [0.05, 0.1) is 13.1 Å². The Bertz CT molecular complexity index is 458. The lowest BCUT2D eigenvalue weighted by Gasteiger charge is -2.24. The molecule has 0 aliphatic rings. The van der Waals surface area contributed by atoms with Gasteiger partial charge in [-0.2, -0.15) is 0 Å². The van der Waals surface area contributed by atoms with Crippen molar-refractivity contribution in [2.75, 3.05) is 33.7 Å². The zero-order chi connectivity index (χ0) is 16.5. The Morgan fingerprint density at radius 2 is 2.04 bits per heavy atom. The van der Waals surface area contributed by atoms with Crippen molar-refractivity contribution in [3.8, 4) is 0 Å². The summed E-state index contributed by atoms with van der Waals surface area (Å²) in [4.78, 5) is 9.31. The SMILES string of the molecule is CCNC(=NCCN(C)C(C)CC)N(C)Cc1cccn1C.I. The standard InChI is InChI=1S/C17H33N5.HI/c1-7-15(3)20(4)13-11-19-17(18-8-2)22(6)14-16-10-9-12-21(16)5;/h9-10,12,15H,7-8,11,13-14H2,1-6H3,(H,18,19);1H. The van der Waals surface area contributed by atoms with Gasteiger partial charge < -0.3 is 19.7 Å². The number of hydrogen-bond acceptors (Lipinski definition) is 2. The monoisotopic (exact) mass is 435 g/mol. The average Bonchev–Trinajstić information content (AvgIpc) is 2.90. The molecule has 0 aliphatic carbocycles. The summed E-state index contributed by atoms with van der Waals surface area (Å²) < 4.78 is 2.15. The Morgan fingerprint density at radius 1 is 1.35 bits per heavy atom. The Labute approximate surface area is 159 Å². The molecule has 1 heterocycles. The van der Waals surface area contributed by atoms with E-state index in [1.165, 1.54) is 12.1 Å². The molecule has 0 aromatic carbocycles. The molecule has 0 saturated carbocycles. The number of hydrogen-bond donors (Lipinski definition) is 1. The van der Waals surface area contributed by atoms with Gasteiger partial charge in [0.25, 0.3) is 0 Å². The molecule has 1 N–H and O–H groups in total. The van der Waals surface area contributed by atoms with E-state index in [4.69, 9.17) is 4.99 Å². The molecule has 23 heavy (non-hydrogen) atoms. The van der Waals surface area contributed by atoms with Crippen molar-refractivity contribution in [2.45, 2.75) is 39.8 Å². The summed E-state index contributed by atoms with van der Waals surface area (Å²) in [5.74, 6) is 0.973. The third-order valence-corrected chi connectivity index (χ3v) is 4.20. The molecule has 5 nitrogen and oxygen atoms in total. The minimum atomic E-state index is 0. The van der Waals surface area contributed by atoms with Gasteiger partial charge in [-0.3, -0.25) is 4.99 Å². The molecule has 134 valence electrons. The minimum absolute atomic E-state index is 0. The molecular weight excluding hydrogens is 401 g/mol. The van der Waals surface area contributed by atoms with Gasteiger partial charge in [-0.25, -0.2) is 0 Å². The molecule has 1 rings (SSSR count). The minimum Gasteiger partial charge on any atom is -0.357 e. The second-order valence-electron chi connectivity index (χ2n) is 5.94. The number of nitrogens with zero attached hydrogens (tertiary/aromatic N) is 4. The topological polar surface area (TPSA) is 35.8 Å². The molecule has 1 aromatic heterocycles. The zero-order valence-electron chi connectivity index (χ0n) is 15.5. The van der Waals surface area contributed by atoms with E-state index in [1.807, 2.05) is 0 Å². The van der Waals surface area contributed by atoms with E-state index in [0.29, 0.717) is 6.04 Å². The number of aromatic nitrogens is 1. The molecule has 0 amide bonds. The number of likely N-dealkylation sites (N-methyl/N-ethyl adjacent to an activating group) is 1. The zero-order valence-corrected chi connectivity index (χ0v) is 17.9. The van der Waals surface area contributed by atoms with E-state index in [0.717, 1.165) is 32.1 Å². The van der Waals surface area contributed by atoms with Crippen LogP contribution in [0.3, 0.4) is 0 Å². The molecule has 0 saturated heterocycles. The van der Waals surface area contributed by atoms with E-state index in [2.05, 4.69) is 79.9 Å². The fraction of sp³-hybridized carbons (Fsp3) is 0.706. The number of aryl methyl sites for hydroxylation is 1. The highest BCUT2D eigenvalue weighted by Gasteiger charge is 2.09. The lowest BCUT2D eigenvalue weighted by molar-refractivity contribution is 0.258. The number of guanidine groups is 1. The highest BCUT2D eigenvalue weighted by atomic mass is 127. The van der Waals surface area contributed by atoms with Crippen LogP contribution < -0.4 is 5.32 Å². The summed E-state index contributed by atoms with van der Waals surface area (Å²) in [6, 6.07) is 4.84. The number of halogens is 1. The van der Waals surface area contributed by atoms with Crippen molar-refractivity contribution in [3.05, 3.63) is 24.0 Å². The first kappa shape index (κ1) is 22.2.